The molecule has 0 bridgehead atoms. The number of fused-ring (bicyclic) bond motifs is 2. The van der Waals surface area contributed by atoms with Crippen molar-refractivity contribution in [3.8, 4) is 11.1 Å². The lowest BCUT2D eigenvalue weighted by molar-refractivity contribution is -0.144. The first-order valence-corrected chi connectivity index (χ1v) is 12.9. The number of thiophene rings is 1. The molecule has 3 aromatic rings. The number of hydrogen-bond acceptors (Lipinski definition) is 6. The van der Waals surface area contributed by atoms with Gasteiger partial charge in [-0.05, 0) is 41.7 Å². The topological polar surface area (TPSA) is 66.4 Å². The van der Waals surface area contributed by atoms with Gasteiger partial charge in [0.2, 0.25) is 11.8 Å². The molecule has 1 saturated carbocycles. The quantitative estimate of drug-likeness (QED) is 0.320. The summed E-state index contributed by atoms with van der Waals surface area (Å²) in [6.45, 7) is 4.39. The van der Waals surface area contributed by atoms with E-state index in [1.165, 1.54) is 34.3 Å². The van der Waals surface area contributed by atoms with Gasteiger partial charge >= 0.3 is 6.18 Å². The molecular weight excluding hydrogens is 527 g/mol. The number of rotatable bonds is 5. The predicted octanol–water partition coefficient (Wildman–Crippen LogP) is 5.28. The van der Waals surface area contributed by atoms with Crippen molar-refractivity contribution >= 4 is 33.4 Å². The fraction of sp³-hybridized carbons (Fsp3) is 0.462. The summed E-state index contributed by atoms with van der Waals surface area (Å²) in [7, 11) is 0. The number of piperidine rings is 1. The number of likely N-dealkylation sites (tertiary alicyclic amines) is 2. The van der Waals surface area contributed by atoms with Crippen molar-refractivity contribution in [1.82, 2.24) is 19.8 Å². The number of amides is 2. The molecule has 200 valence electrons. The Bertz CT molecular complexity index is 1480. The minimum atomic E-state index is -4.69. The number of pyridine rings is 2. The molecule has 2 amide bonds. The Labute approximate surface area is 218 Å². The number of alkyl halides is 5. The van der Waals surface area contributed by atoms with Crippen LogP contribution in [0.15, 0.2) is 24.4 Å². The first-order valence-electron chi connectivity index (χ1n) is 12.1. The van der Waals surface area contributed by atoms with Crippen LogP contribution in [0.1, 0.15) is 35.7 Å². The molecule has 2 unspecified atom stereocenters. The van der Waals surface area contributed by atoms with E-state index in [1.807, 2.05) is 13.8 Å². The summed E-state index contributed by atoms with van der Waals surface area (Å²) in [5.74, 6) is -3.85. The van der Waals surface area contributed by atoms with Crippen molar-refractivity contribution in [3.05, 3.63) is 46.2 Å². The molecule has 3 fully saturated rings. The average molecular weight is 551 g/mol. The van der Waals surface area contributed by atoms with Crippen LogP contribution in [-0.2, 0) is 28.9 Å². The highest BCUT2D eigenvalue weighted by Gasteiger charge is 2.72. The van der Waals surface area contributed by atoms with Crippen molar-refractivity contribution in [1.29, 1.82) is 0 Å². The largest absolute Gasteiger partial charge is 0.433 e. The number of imide groups is 1. The zero-order chi connectivity index (χ0) is 27.4. The highest BCUT2D eigenvalue weighted by Crippen LogP contribution is 2.63. The average Bonchev–Trinajstić information content (AvgIpc) is 3.05. The number of aryl methyl sites for hydroxylation is 1. The first kappa shape index (κ1) is 25.3. The van der Waals surface area contributed by atoms with E-state index in [0.717, 1.165) is 6.07 Å². The van der Waals surface area contributed by atoms with Gasteiger partial charge in [-0.1, -0.05) is 13.8 Å². The summed E-state index contributed by atoms with van der Waals surface area (Å²) >= 11 is 1.25. The normalized spacial score (nSPS) is 24.2. The Morgan fingerprint density at radius 1 is 1.05 bits per heavy atom. The molecule has 38 heavy (non-hydrogen) atoms. The van der Waals surface area contributed by atoms with Gasteiger partial charge in [-0.3, -0.25) is 24.4 Å². The molecule has 2 saturated heterocycles. The number of aromatic nitrogens is 2. The standard InChI is InChI=1S/C26H23F5N4O2S/c1-12-16(9-34-10-25(27,28)11-34)15(7-18(33-12)26(29,30)31)14-4-5-32-17-6-13(38-21(14)17)8-35-22(36)19-20(23(35)37)24(19,2)3/h4-7,19-20H,8-11H2,1-3H3. The van der Waals surface area contributed by atoms with Crippen molar-refractivity contribution in [2.75, 3.05) is 13.1 Å². The van der Waals surface area contributed by atoms with E-state index < -0.39 is 30.9 Å². The van der Waals surface area contributed by atoms with Crippen LogP contribution in [0.4, 0.5) is 22.0 Å². The third-order valence-electron chi connectivity index (χ3n) is 7.87. The van der Waals surface area contributed by atoms with Gasteiger partial charge in [-0.25, -0.2) is 13.8 Å². The molecule has 0 spiro atoms. The molecule has 3 aromatic heterocycles. The van der Waals surface area contributed by atoms with E-state index in [0.29, 0.717) is 26.2 Å². The molecule has 0 N–H and O–H groups in total. The van der Waals surface area contributed by atoms with E-state index in [9.17, 15) is 31.5 Å². The summed E-state index contributed by atoms with van der Waals surface area (Å²) in [5.41, 5.74) is 0.372. The van der Waals surface area contributed by atoms with Crippen LogP contribution in [0.25, 0.3) is 21.3 Å². The molecule has 6 rings (SSSR count). The second-order valence-corrected chi connectivity index (χ2v) is 12.1. The van der Waals surface area contributed by atoms with Crippen LogP contribution in [0.2, 0.25) is 0 Å². The zero-order valence-electron chi connectivity index (χ0n) is 20.7. The minimum absolute atomic E-state index is 0.0271. The van der Waals surface area contributed by atoms with E-state index in [-0.39, 0.29) is 53.4 Å². The minimum Gasteiger partial charge on any atom is -0.287 e. The van der Waals surface area contributed by atoms with Crippen LogP contribution in [0.3, 0.4) is 0 Å². The Balaban J connectivity index is 1.39. The maximum Gasteiger partial charge on any atom is 0.433 e. The van der Waals surface area contributed by atoms with Crippen LogP contribution >= 0.6 is 11.3 Å². The Kier molecular flexibility index (Phi) is 5.33. The van der Waals surface area contributed by atoms with Gasteiger partial charge in [0.05, 0.1) is 41.7 Å². The van der Waals surface area contributed by atoms with E-state index in [1.54, 1.807) is 12.1 Å². The van der Waals surface area contributed by atoms with E-state index >= 15 is 0 Å². The van der Waals surface area contributed by atoms with Crippen LogP contribution in [0, 0.1) is 24.2 Å². The number of hydrogen-bond donors (Lipinski definition) is 0. The fourth-order valence-corrected chi connectivity index (χ4v) is 6.95. The molecule has 1 aliphatic carbocycles. The van der Waals surface area contributed by atoms with Crippen molar-refractivity contribution in [2.24, 2.45) is 17.3 Å². The monoisotopic (exact) mass is 550 g/mol. The lowest BCUT2D eigenvalue weighted by atomic mass is 9.96. The second kappa shape index (κ2) is 8.01. The summed E-state index contributed by atoms with van der Waals surface area (Å²) in [6, 6.07) is 4.28. The highest BCUT2D eigenvalue weighted by molar-refractivity contribution is 7.19. The van der Waals surface area contributed by atoms with Gasteiger partial charge in [0.15, 0.2) is 0 Å². The van der Waals surface area contributed by atoms with Crippen molar-refractivity contribution < 1.29 is 31.5 Å². The second-order valence-electron chi connectivity index (χ2n) is 10.9. The van der Waals surface area contributed by atoms with E-state index in [4.69, 9.17) is 0 Å². The maximum atomic E-state index is 13.7. The molecule has 2 aliphatic heterocycles. The highest BCUT2D eigenvalue weighted by atomic mass is 32.1. The number of carbonyl (C=O) groups excluding carboxylic acids is 2. The third-order valence-corrected chi connectivity index (χ3v) is 9.01. The molecule has 12 heteroatoms. The molecule has 6 nitrogen and oxygen atoms in total. The lowest BCUT2D eigenvalue weighted by Gasteiger charge is -2.39. The van der Waals surface area contributed by atoms with Gasteiger partial charge in [0.25, 0.3) is 5.92 Å². The predicted molar refractivity (Wildman–Crippen MR) is 129 cm³/mol. The van der Waals surface area contributed by atoms with Crippen molar-refractivity contribution in [2.45, 2.75) is 46.0 Å². The summed E-state index contributed by atoms with van der Waals surface area (Å²) in [6.07, 6.45) is -3.22. The van der Waals surface area contributed by atoms with Gasteiger partial charge < -0.3 is 0 Å². The van der Waals surface area contributed by atoms with Crippen molar-refractivity contribution in [3.63, 3.8) is 0 Å². The van der Waals surface area contributed by atoms with Gasteiger partial charge in [0.1, 0.15) is 5.69 Å². The van der Waals surface area contributed by atoms with Gasteiger partial charge in [0, 0.05) is 28.9 Å². The molecule has 0 aromatic carbocycles. The lowest BCUT2D eigenvalue weighted by Crippen LogP contribution is -2.55. The molecule has 5 heterocycles. The number of halogens is 5. The Hall–Kier alpha value is -2.99. The number of nitrogens with zero attached hydrogens (tertiary/aromatic N) is 4. The zero-order valence-corrected chi connectivity index (χ0v) is 21.5. The fourth-order valence-electron chi connectivity index (χ4n) is 5.82. The summed E-state index contributed by atoms with van der Waals surface area (Å²) < 4.78 is 68.6. The van der Waals surface area contributed by atoms with Crippen LogP contribution < -0.4 is 0 Å². The molecule has 2 atom stereocenters. The van der Waals surface area contributed by atoms with Gasteiger partial charge in [-0.2, -0.15) is 13.2 Å². The summed E-state index contributed by atoms with van der Waals surface area (Å²) in [4.78, 5) is 37.1. The third kappa shape index (κ3) is 3.91. The summed E-state index contributed by atoms with van der Waals surface area (Å²) in [5, 5.41) is 0. The molecule has 3 aliphatic rings. The Morgan fingerprint density at radius 2 is 1.71 bits per heavy atom. The molecular formula is C26H23F5N4O2S. The first-order chi connectivity index (χ1) is 17.7. The van der Waals surface area contributed by atoms with Crippen LogP contribution in [-0.4, -0.2) is 50.6 Å². The van der Waals surface area contributed by atoms with Gasteiger partial charge in [-0.15, -0.1) is 11.3 Å². The maximum absolute atomic E-state index is 13.7. The number of carbonyl (C=O) groups is 2. The van der Waals surface area contributed by atoms with E-state index in [2.05, 4.69) is 9.97 Å². The Morgan fingerprint density at radius 3 is 2.32 bits per heavy atom. The SMILES string of the molecule is Cc1nc(C(F)(F)F)cc(-c2ccnc3cc(CN4C(=O)C5C(C4=O)C5(C)C)sc23)c1CN1CC(F)(F)C1. The van der Waals surface area contributed by atoms with Crippen LogP contribution in [0.5, 0.6) is 0 Å². The smallest absolute Gasteiger partial charge is 0.287 e. The molecule has 0 radical (unpaired) electrons.